The number of nitrogens with zero attached hydrogens (tertiary/aromatic N) is 2. The summed E-state index contributed by atoms with van der Waals surface area (Å²) in [7, 11) is -2.27. The van der Waals surface area contributed by atoms with E-state index in [1.807, 2.05) is 12.1 Å². The van der Waals surface area contributed by atoms with Gasteiger partial charge < -0.3 is 14.8 Å². The van der Waals surface area contributed by atoms with Crippen molar-refractivity contribution in [1.29, 1.82) is 0 Å². The van der Waals surface area contributed by atoms with Crippen LogP contribution in [0.2, 0.25) is 5.02 Å². The number of carbonyl (C=O) groups excluding carboxylic acids is 1. The van der Waals surface area contributed by atoms with Gasteiger partial charge in [-0.25, -0.2) is 8.42 Å². The normalized spacial score (nSPS) is 15.6. The van der Waals surface area contributed by atoms with Gasteiger partial charge in [-0.1, -0.05) is 35.9 Å². The van der Waals surface area contributed by atoms with Crippen molar-refractivity contribution in [2.75, 3.05) is 44.0 Å². The average molecular weight is 496 g/mol. The first-order valence-electron chi connectivity index (χ1n) is 10.7. The van der Waals surface area contributed by atoms with E-state index in [9.17, 15) is 13.2 Å². The van der Waals surface area contributed by atoms with Crippen molar-refractivity contribution >= 4 is 33.2 Å². The molecule has 2 aromatic carbocycles. The molecule has 3 rings (SSSR count). The number of hydrogen-bond acceptors (Lipinski definition) is 6. The number of nitrogens with one attached hydrogen (secondary N) is 1. The molecule has 33 heavy (non-hydrogen) atoms. The van der Waals surface area contributed by atoms with Crippen LogP contribution < -0.4 is 14.4 Å². The molecule has 1 N–H and O–H groups in total. The molecule has 1 unspecified atom stereocenters. The van der Waals surface area contributed by atoms with Crippen molar-refractivity contribution in [2.45, 2.75) is 26.1 Å². The third-order valence-corrected chi connectivity index (χ3v) is 6.98. The van der Waals surface area contributed by atoms with Gasteiger partial charge in [-0.3, -0.25) is 14.0 Å². The Morgan fingerprint density at radius 3 is 2.55 bits per heavy atom. The maximum atomic E-state index is 12.9. The molecule has 1 aliphatic rings. The first kappa shape index (κ1) is 25.3. The van der Waals surface area contributed by atoms with Crippen molar-refractivity contribution in [2.24, 2.45) is 0 Å². The lowest BCUT2D eigenvalue weighted by Crippen LogP contribution is -2.47. The van der Waals surface area contributed by atoms with Crippen LogP contribution in [0.15, 0.2) is 42.5 Å². The van der Waals surface area contributed by atoms with Gasteiger partial charge in [0.1, 0.15) is 11.8 Å². The van der Waals surface area contributed by atoms with E-state index in [0.717, 1.165) is 54.5 Å². The number of rotatable bonds is 9. The fraction of sp³-hybridized carbons (Fsp3) is 0.435. The lowest BCUT2D eigenvalue weighted by Gasteiger charge is -2.28. The third kappa shape index (κ3) is 6.83. The number of methoxy groups -OCH3 is 1. The van der Waals surface area contributed by atoms with Gasteiger partial charge in [-0.2, -0.15) is 0 Å². The molecular formula is C23H30ClN3O5S. The Labute approximate surface area is 200 Å². The van der Waals surface area contributed by atoms with Crippen molar-refractivity contribution < 1.29 is 22.7 Å². The average Bonchev–Trinajstić information content (AvgIpc) is 2.77. The molecule has 0 spiro atoms. The van der Waals surface area contributed by atoms with Crippen LogP contribution in [0.4, 0.5) is 5.69 Å². The second-order valence-corrected chi connectivity index (χ2v) is 10.2. The minimum absolute atomic E-state index is 0.258. The fourth-order valence-corrected chi connectivity index (χ4v) is 5.21. The molecule has 1 aliphatic heterocycles. The van der Waals surface area contributed by atoms with Crippen LogP contribution in [0.5, 0.6) is 5.75 Å². The predicted octanol–water partition coefficient (Wildman–Crippen LogP) is 2.65. The summed E-state index contributed by atoms with van der Waals surface area (Å²) in [5, 5.41) is 3.11. The molecule has 0 aromatic heterocycles. The molecule has 180 valence electrons. The molecule has 2 aromatic rings. The first-order chi connectivity index (χ1) is 15.7. The number of ether oxygens (including phenoxy) is 2. The fourth-order valence-electron chi connectivity index (χ4n) is 3.79. The highest BCUT2D eigenvalue weighted by Crippen LogP contribution is 2.31. The van der Waals surface area contributed by atoms with Crippen LogP contribution in [0.3, 0.4) is 0 Å². The van der Waals surface area contributed by atoms with Gasteiger partial charge in [0.25, 0.3) is 0 Å². The van der Waals surface area contributed by atoms with Gasteiger partial charge in [0.05, 0.1) is 37.3 Å². The SMILES string of the molecule is COc1ccc(N(C(C)C(=O)NCc2cccc(CN3CCOCC3)c2)S(C)(=O)=O)cc1Cl. The maximum Gasteiger partial charge on any atom is 0.243 e. The minimum atomic E-state index is -3.75. The highest BCUT2D eigenvalue weighted by Gasteiger charge is 2.29. The highest BCUT2D eigenvalue weighted by molar-refractivity contribution is 7.92. The Bertz CT molecular complexity index is 1070. The Kier molecular flexibility index (Phi) is 8.58. The Morgan fingerprint density at radius 2 is 1.91 bits per heavy atom. The van der Waals surface area contributed by atoms with Gasteiger partial charge in [0.2, 0.25) is 15.9 Å². The zero-order chi connectivity index (χ0) is 24.0. The van der Waals surface area contributed by atoms with Gasteiger partial charge in [-0.15, -0.1) is 0 Å². The second-order valence-electron chi connectivity index (χ2n) is 7.98. The molecule has 0 saturated carbocycles. The van der Waals surface area contributed by atoms with Crippen LogP contribution in [-0.4, -0.2) is 64.9 Å². The van der Waals surface area contributed by atoms with Gasteiger partial charge >= 0.3 is 0 Å². The smallest absolute Gasteiger partial charge is 0.243 e. The summed E-state index contributed by atoms with van der Waals surface area (Å²) in [5.41, 5.74) is 2.39. The first-order valence-corrected chi connectivity index (χ1v) is 12.9. The van der Waals surface area contributed by atoms with E-state index in [2.05, 4.69) is 22.3 Å². The molecule has 1 saturated heterocycles. The van der Waals surface area contributed by atoms with Crippen LogP contribution in [0.25, 0.3) is 0 Å². The summed E-state index contributed by atoms with van der Waals surface area (Å²) in [6.45, 7) is 5.93. The summed E-state index contributed by atoms with van der Waals surface area (Å²) in [6.07, 6.45) is 1.06. The van der Waals surface area contributed by atoms with Crippen LogP contribution in [-0.2, 0) is 32.6 Å². The van der Waals surface area contributed by atoms with E-state index in [1.54, 1.807) is 19.1 Å². The number of carbonyl (C=O) groups is 1. The van der Waals surface area contributed by atoms with E-state index < -0.39 is 22.0 Å². The number of anilines is 1. The molecular weight excluding hydrogens is 466 g/mol. The molecule has 0 radical (unpaired) electrons. The third-order valence-electron chi connectivity index (χ3n) is 5.45. The number of hydrogen-bond donors (Lipinski definition) is 1. The summed E-state index contributed by atoms with van der Waals surface area (Å²) in [5.74, 6) is 0.00822. The summed E-state index contributed by atoms with van der Waals surface area (Å²) >= 11 is 6.18. The number of sulfonamides is 1. The number of amides is 1. The lowest BCUT2D eigenvalue weighted by atomic mass is 10.1. The van der Waals surface area contributed by atoms with Crippen molar-refractivity contribution in [3.8, 4) is 5.75 Å². The van der Waals surface area contributed by atoms with Gasteiger partial charge in [-0.05, 0) is 36.2 Å². The highest BCUT2D eigenvalue weighted by atomic mass is 35.5. The minimum Gasteiger partial charge on any atom is -0.495 e. The molecule has 1 heterocycles. The molecule has 1 fully saturated rings. The number of halogens is 1. The van der Waals surface area contributed by atoms with E-state index in [-0.39, 0.29) is 5.02 Å². The van der Waals surface area contributed by atoms with Crippen LogP contribution >= 0.6 is 11.6 Å². The van der Waals surface area contributed by atoms with E-state index in [4.69, 9.17) is 21.1 Å². The van der Waals surface area contributed by atoms with Crippen LogP contribution in [0.1, 0.15) is 18.1 Å². The summed E-state index contributed by atoms with van der Waals surface area (Å²) < 4.78 is 36.6. The van der Waals surface area contributed by atoms with E-state index >= 15 is 0 Å². The van der Waals surface area contributed by atoms with E-state index in [1.165, 1.54) is 13.2 Å². The molecule has 0 bridgehead atoms. The standard InChI is InChI=1S/C23H30ClN3O5S/c1-17(27(33(3,29)30)20-7-8-22(31-2)21(24)14-20)23(28)25-15-18-5-4-6-19(13-18)16-26-9-11-32-12-10-26/h4-8,13-14,17H,9-12,15-16H2,1-3H3,(H,25,28). The largest absolute Gasteiger partial charge is 0.495 e. The molecule has 8 nitrogen and oxygen atoms in total. The number of morpholine rings is 1. The van der Waals surface area contributed by atoms with Gasteiger partial charge in [0.15, 0.2) is 0 Å². The second kappa shape index (κ2) is 11.2. The van der Waals surface area contributed by atoms with Crippen molar-refractivity contribution in [3.05, 3.63) is 58.6 Å². The zero-order valence-corrected chi connectivity index (χ0v) is 20.7. The monoisotopic (exact) mass is 495 g/mol. The summed E-state index contributed by atoms with van der Waals surface area (Å²) in [4.78, 5) is 15.2. The molecule has 1 atom stereocenters. The molecule has 1 amide bonds. The lowest BCUT2D eigenvalue weighted by molar-refractivity contribution is -0.122. The Balaban J connectivity index is 1.68. The number of benzene rings is 2. The van der Waals surface area contributed by atoms with Crippen molar-refractivity contribution in [1.82, 2.24) is 10.2 Å². The zero-order valence-electron chi connectivity index (χ0n) is 19.1. The Hall–Kier alpha value is -2.33. The maximum absolute atomic E-state index is 12.9. The Morgan fingerprint density at radius 1 is 1.21 bits per heavy atom. The van der Waals surface area contributed by atoms with Crippen molar-refractivity contribution in [3.63, 3.8) is 0 Å². The quantitative estimate of drug-likeness (QED) is 0.575. The van der Waals surface area contributed by atoms with Gasteiger partial charge in [0, 0.05) is 26.2 Å². The molecule has 0 aliphatic carbocycles. The van der Waals surface area contributed by atoms with Crippen LogP contribution in [0, 0.1) is 0 Å². The topological polar surface area (TPSA) is 88.2 Å². The van der Waals surface area contributed by atoms with E-state index in [0.29, 0.717) is 18.0 Å². The summed E-state index contributed by atoms with van der Waals surface area (Å²) in [6, 6.07) is 11.6. The molecule has 10 heteroatoms. The predicted molar refractivity (Wildman–Crippen MR) is 129 cm³/mol.